The van der Waals surface area contributed by atoms with Gasteiger partial charge in [-0.15, -0.1) is 0 Å². The Balaban J connectivity index is 0.000000303. The number of aryl methyl sites for hydroxylation is 8. The third-order valence-electron chi connectivity index (χ3n) is 19.2. The number of aromatic nitrogens is 8. The summed E-state index contributed by atoms with van der Waals surface area (Å²) in [6, 6.07) is 39.8. The van der Waals surface area contributed by atoms with Gasteiger partial charge in [-0.25, -0.2) is 14.4 Å². The zero-order valence-electron chi connectivity index (χ0n) is 79.1. The molecule has 4 aromatic heterocycles. The molecule has 0 aliphatic rings. The second-order valence-corrected chi connectivity index (χ2v) is 35.2. The van der Waals surface area contributed by atoms with Crippen LogP contribution < -0.4 is 0 Å². The predicted molar refractivity (Wildman–Crippen MR) is 498 cm³/mol. The van der Waals surface area contributed by atoms with Gasteiger partial charge in [-0.1, -0.05) is 233 Å². The summed E-state index contributed by atoms with van der Waals surface area (Å²) in [5.41, 5.74) is 12.3. The van der Waals surface area contributed by atoms with Crippen molar-refractivity contribution in [3.8, 4) is 24.3 Å². The van der Waals surface area contributed by atoms with E-state index >= 15 is 0 Å². The number of benzene rings is 4. The van der Waals surface area contributed by atoms with Crippen LogP contribution in [-0.4, -0.2) is 109 Å². The van der Waals surface area contributed by atoms with Crippen LogP contribution in [0.1, 0.15) is 269 Å². The van der Waals surface area contributed by atoms with Crippen LogP contribution in [0, 0.1) is 73.0 Å². The van der Waals surface area contributed by atoms with Gasteiger partial charge < -0.3 is 52.1 Å². The monoisotopic (exact) mass is 1830 g/mol. The minimum atomic E-state index is -1.04. The summed E-state index contributed by atoms with van der Waals surface area (Å²) in [6.07, 6.45) is -6.01. The Hall–Kier alpha value is -11.7. The Labute approximate surface area is 773 Å². The summed E-state index contributed by atoms with van der Waals surface area (Å²) in [5, 5.41) is 59.6. The lowest BCUT2D eigenvalue weighted by Gasteiger charge is -2.21. The lowest BCUT2D eigenvalue weighted by atomic mass is 9.86. The average molecular weight is 1840 g/mol. The van der Waals surface area contributed by atoms with E-state index in [0.717, 1.165) is 22.3 Å². The second kappa shape index (κ2) is 47.9. The maximum absolute atomic E-state index is 12.0. The molecule has 0 bridgehead atoms. The van der Waals surface area contributed by atoms with Gasteiger partial charge in [0.25, 0.3) is 0 Å². The molecule has 4 unspecified atom stereocenters. The molecule has 0 aliphatic heterocycles. The minimum absolute atomic E-state index is 0.0162. The molecule has 128 heavy (non-hydrogen) atoms. The van der Waals surface area contributed by atoms with Crippen LogP contribution in [0.3, 0.4) is 0 Å². The first-order valence-electron chi connectivity index (χ1n) is 42.2. The van der Waals surface area contributed by atoms with Crippen LogP contribution in [0.15, 0.2) is 97.1 Å². The Bertz CT molecular complexity index is 5300. The van der Waals surface area contributed by atoms with Crippen molar-refractivity contribution in [2.45, 2.75) is 286 Å². The highest BCUT2D eigenvalue weighted by Gasteiger charge is 2.33. The maximum atomic E-state index is 12.0. The van der Waals surface area contributed by atoms with E-state index in [0.29, 0.717) is 132 Å². The molecule has 0 amide bonds. The number of carbonyl (C=O) groups is 4. The summed E-state index contributed by atoms with van der Waals surface area (Å²) in [4.78, 5) is 47.2. The molecule has 0 aliphatic carbocycles. The van der Waals surface area contributed by atoms with Crippen molar-refractivity contribution in [3.05, 3.63) is 207 Å². The van der Waals surface area contributed by atoms with E-state index in [4.69, 9.17) is 93.8 Å². The molecular weight excluding hydrogens is 1710 g/mol. The molecule has 0 spiro atoms. The fourth-order valence-electron chi connectivity index (χ4n) is 12.5. The van der Waals surface area contributed by atoms with E-state index in [2.05, 4.69) is 132 Å². The Kier molecular flexibility index (Phi) is 40.0. The molecule has 0 fully saturated rings. The second-order valence-electron chi connectivity index (χ2n) is 33.7. The Morgan fingerprint density at radius 3 is 0.773 bits per heavy atom. The number of rotatable bonds is 28. The summed E-state index contributed by atoms with van der Waals surface area (Å²) in [7, 11) is 1.20. The first-order chi connectivity index (χ1) is 60.0. The van der Waals surface area contributed by atoms with Crippen molar-refractivity contribution in [1.82, 2.24) is 39.1 Å². The molecule has 8 rings (SSSR count). The number of hydrogen-bond donors (Lipinski definition) is 0. The number of carbonyl (C=O) groups excluding carboxylic acids is 4. The van der Waals surface area contributed by atoms with Gasteiger partial charge >= 0.3 is 24.4 Å². The number of allylic oxidation sites excluding steroid dienone is 4. The number of esters is 1. The summed E-state index contributed by atoms with van der Waals surface area (Å²) in [6.45, 7) is 55.7. The van der Waals surface area contributed by atoms with Gasteiger partial charge in [-0.3, -0.25) is 23.5 Å². The van der Waals surface area contributed by atoms with E-state index < -0.39 is 43.6 Å². The van der Waals surface area contributed by atoms with Crippen LogP contribution in [0.2, 0.25) is 20.1 Å². The third kappa shape index (κ3) is 29.2. The summed E-state index contributed by atoms with van der Waals surface area (Å²) in [5.74, 6) is 0.410. The van der Waals surface area contributed by atoms with Gasteiger partial charge in [0.05, 0.1) is 62.7 Å². The zero-order chi connectivity index (χ0) is 96.4. The molecule has 4 atom stereocenters. The molecular formula is C97H122Cl4N12O15. The third-order valence-corrected chi connectivity index (χ3v) is 21.0. The Morgan fingerprint density at radius 2 is 0.578 bits per heavy atom. The molecule has 688 valence electrons. The zero-order valence-corrected chi connectivity index (χ0v) is 82.1. The largest absolute Gasteiger partial charge is 0.511 e. The highest BCUT2D eigenvalue weighted by Crippen LogP contribution is 2.42. The molecule has 0 saturated heterocycles. The van der Waals surface area contributed by atoms with Crippen LogP contribution in [0.4, 0.5) is 14.4 Å². The lowest BCUT2D eigenvalue weighted by Crippen LogP contribution is -2.22. The molecule has 0 saturated carbocycles. The highest BCUT2D eigenvalue weighted by atomic mass is 35.5. The van der Waals surface area contributed by atoms with Crippen molar-refractivity contribution >= 4 is 116 Å². The SMILES string of the molecule is CCCC(=O)OC(C)O/C(=C(/C#N)c1ccc(C(C)(C)C)cc1)c1c(Cl)c(C)nn1CC.CCOC(=O)OC(C)O/C(=C(/C#N)c1ccc(C(C)(C)C)cc1)c1c(Cl)c(C)nn1CC.CCn1nc(C)c(Cl)c1/C(OC(C)OC(=O)OC(C)C)=C(\C#N)c1ccc(C(C)(C)C)cc1.CCn1nc(C)c(Cl)c1/C(OC(C)OC(=O)OC)=C(\C#N)c1ccc(C(C)(C)C)cc1. The number of ether oxygens (including phenoxy) is 11. The minimum Gasteiger partial charge on any atom is -0.451 e. The van der Waals surface area contributed by atoms with Gasteiger partial charge in [0, 0.05) is 60.3 Å². The van der Waals surface area contributed by atoms with Crippen LogP contribution in [-0.2, 0) is 105 Å². The summed E-state index contributed by atoms with van der Waals surface area (Å²) < 4.78 is 65.9. The predicted octanol–water partition coefficient (Wildman–Crippen LogP) is 24.5. The van der Waals surface area contributed by atoms with Crippen molar-refractivity contribution in [2.24, 2.45) is 0 Å². The molecule has 0 N–H and O–H groups in total. The number of methoxy groups -OCH3 is 1. The first-order valence-corrected chi connectivity index (χ1v) is 43.7. The van der Waals surface area contributed by atoms with Crippen molar-refractivity contribution in [3.63, 3.8) is 0 Å². The van der Waals surface area contributed by atoms with Gasteiger partial charge in [-0.2, -0.15) is 41.4 Å². The number of hydrogen-bond acceptors (Lipinski definition) is 23. The molecule has 4 heterocycles. The normalized spacial score (nSPS) is 13.2. The van der Waals surface area contributed by atoms with Crippen molar-refractivity contribution < 1.29 is 71.3 Å². The molecule has 0 radical (unpaired) electrons. The van der Waals surface area contributed by atoms with Gasteiger partial charge in [0.15, 0.2) is 23.0 Å². The average Bonchev–Trinajstić information content (AvgIpc) is 1.63. The molecule has 4 aromatic carbocycles. The van der Waals surface area contributed by atoms with Gasteiger partial charge in [0.2, 0.25) is 25.2 Å². The van der Waals surface area contributed by atoms with Crippen molar-refractivity contribution in [1.29, 1.82) is 21.0 Å². The lowest BCUT2D eigenvalue weighted by molar-refractivity contribution is -0.164. The van der Waals surface area contributed by atoms with Crippen LogP contribution in [0.25, 0.3) is 45.3 Å². The topological polar surface area (TPSA) is 336 Å². The highest BCUT2D eigenvalue weighted by molar-refractivity contribution is 6.34. The first kappa shape index (κ1) is 107. The smallest absolute Gasteiger partial charge is 0.451 e. The fourth-order valence-corrected chi connectivity index (χ4v) is 13.4. The molecule has 27 nitrogen and oxygen atoms in total. The van der Waals surface area contributed by atoms with Crippen LogP contribution >= 0.6 is 46.4 Å². The van der Waals surface area contributed by atoms with Crippen LogP contribution in [0.5, 0.6) is 0 Å². The standard InChI is InChI=1S/C25H32ClN3O4.C25H32ClN3O3.C24H30ClN3O4.C23H28ClN3O4/c1-9-29-22(21(26)16(4)28-29)23(32-17(5)33-24(30)31-15(2)3)20(14-27)18-10-12-19(13-11-18)25(6,7)8;1-8-10-21(30)31-17(4)32-24(23-22(26)16(3)28-29(23)9-2)20(15-27)18-11-13-19(14-12-18)25(5,6)7;1-8-28-21(20(25)15(3)27-28)22(31-16(4)32-23(29)30-9-2)19(14-26)17-10-12-18(13-11-17)24(5,6)7;1-8-27-20(19(24)14(2)26-27)21(30-15(3)31-22(28)29-7)18(13-25)16-9-11-17(12-10-16)23(4,5)6/h10-13,15,17H,9H2,1-8H3;11-14,17H,8-10H2,1-7H3;10-13,16H,8-9H2,1-7H3;9-12,15H,8H2,1-7H3/b23-20-;24-20-;22-19-;21-18-. The van der Waals surface area contributed by atoms with Crippen molar-refractivity contribution in [2.75, 3.05) is 13.7 Å². The number of halogens is 4. The maximum Gasteiger partial charge on any atom is 0.511 e. The fraction of sp³-hybridized carbons (Fsp3) is 0.464. The van der Waals surface area contributed by atoms with E-state index in [1.54, 1.807) is 88.0 Å². The van der Waals surface area contributed by atoms with Gasteiger partial charge in [0.1, 0.15) is 69.3 Å². The summed E-state index contributed by atoms with van der Waals surface area (Å²) >= 11 is 26.3. The van der Waals surface area contributed by atoms with Gasteiger partial charge in [-0.05, 0) is 149 Å². The van der Waals surface area contributed by atoms with E-state index in [9.17, 15) is 40.2 Å². The molecule has 8 aromatic rings. The number of nitriles is 4. The number of nitrogens with zero attached hydrogens (tertiary/aromatic N) is 12. The van der Waals surface area contributed by atoms with E-state index in [1.807, 2.05) is 132 Å². The van der Waals surface area contributed by atoms with E-state index in [-0.39, 0.29) is 80.1 Å². The quantitative estimate of drug-likeness (QED) is 0.0144. The van der Waals surface area contributed by atoms with E-state index in [1.165, 1.54) is 14.0 Å². The molecule has 31 heteroatoms. The Morgan fingerprint density at radius 1 is 0.352 bits per heavy atom.